The lowest BCUT2D eigenvalue weighted by Gasteiger charge is -2.26. The van der Waals surface area contributed by atoms with E-state index < -0.39 is 17.8 Å². The summed E-state index contributed by atoms with van der Waals surface area (Å²) in [5, 5.41) is 4.56. The molecule has 4 aromatic carbocycles. The zero-order valence-electron chi connectivity index (χ0n) is 19.3. The molecule has 1 heterocycles. The van der Waals surface area contributed by atoms with Crippen molar-refractivity contribution in [2.45, 2.75) is 13.5 Å². The fourth-order valence-corrected chi connectivity index (χ4v) is 4.31. The zero-order chi connectivity index (χ0) is 25.2. The molecule has 1 aliphatic rings. The van der Waals surface area contributed by atoms with Crippen molar-refractivity contribution < 1.29 is 19.1 Å². The van der Waals surface area contributed by atoms with Crippen LogP contribution in [0.2, 0.25) is 5.02 Å². The monoisotopic (exact) mass is 496 g/mol. The Kier molecular flexibility index (Phi) is 6.27. The Bertz CT molecular complexity index is 1560. The second kappa shape index (κ2) is 9.68. The van der Waals surface area contributed by atoms with Crippen molar-refractivity contribution >= 4 is 52.0 Å². The molecule has 0 aromatic heterocycles. The van der Waals surface area contributed by atoms with Crippen LogP contribution >= 0.6 is 11.6 Å². The molecule has 1 saturated heterocycles. The lowest BCUT2D eigenvalue weighted by molar-refractivity contribution is -0.122. The number of barbiturate groups is 1. The fraction of sp³-hybridized carbons (Fsp3) is 0.0690. The number of carbonyl (C=O) groups is 3. The number of nitrogens with one attached hydrogen (secondary N) is 1. The summed E-state index contributed by atoms with van der Waals surface area (Å²) in [4.78, 5) is 39.9. The van der Waals surface area contributed by atoms with Gasteiger partial charge in [0.15, 0.2) is 0 Å². The van der Waals surface area contributed by atoms with Crippen molar-refractivity contribution in [3.05, 3.63) is 112 Å². The number of amides is 4. The van der Waals surface area contributed by atoms with Gasteiger partial charge in [0.05, 0.1) is 5.69 Å². The van der Waals surface area contributed by atoms with E-state index in [2.05, 4.69) is 5.32 Å². The minimum Gasteiger partial charge on any atom is -0.488 e. The molecule has 5 rings (SSSR count). The molecule has 1 aliphatic heterocycles. The highest BCUT2D eigenvalue weighted by atomic mass is 35.5. The van der Waals surface area contributed by atoms with Crippen LogP contribution in [0.3, 0.4) is 0 Å². The normalized spacial score (nSPS) is 14.9. The summed E-state index contributed by atoms with van der Waals surface area (Å²) >= 11 is 6.29. The number of rotatable bonds is 5. The highest BCUT2D eigenvalue weighted by Crippen LogP contribution is 2.33. The molecule has 4 amide bonds. The van der Waals surface area contributed by atoms with E-state index in [1.807, 2.05) is 61.5 Å². The number of urea groups is 1. The van der Waals surface area contributed by atoms with Crippen molar-refractivity contribution in [3.63, 3.8) is 0 Å². The van der Waals surface area contributed by atoms with Crippen LogP contribution in [0.15, 0.2) is 90.5 Å². The first kappa shape index (κ1) is 23.3. The molecule has 4 aromatic rings. The van der Waals surface area contributed by atoms with Gasteiger partial charge >= 0.3 is 6.03 Å². The predicted molar refractivity (Wildman–Crippen MR) is 140 cm³/mol. The van der Waals surface area contributed by atoms with Gasteiger partial charge < -0.3 is 4.74 Å². The summed E-state index contributed by atoms with van der Waals surface area (Å²) < 4.78 is 6.12. The molecule has 0 spiro atoms. The second-order valence-corrected chi connectivity index (χ2v) is 8.78. The molecule has 7 heteroatoms. The van der Waals surface area contributed by atoms with E-state index in [0.717, 1.165) is 26.8 Å². The average molecular weight is 497 g/mol. The van der Waals surface area contributed by atoms with Gasteiger partial charge in [-0.15, -0.1) is 0 Å². The van der Waals surface area contributed by atoms with Crippen LogP contribution in [0.25, 0.3) is 16.8 Å². The van der Waals surface area contributed by atoms with E-state index in [4.69, 9.17) is 16.3 Å². The van der Waals surface area contributed by atoms with Crippen LogP contribution in [0.5, 0.6) is 5.75 Å². The second-order valence-electron chi connectivity index (χ2n) is 8.38. The predicted octanol–water partition coefficient (Wildman–Crippen LogP) is 6.05. The number of benzene rings is 4. The molecule has 6 nitrogen and oxygen atoms in total. The third-order valence-electron chi connectivity index (χ3n) is 5.92. The van der Waals surface area contributed by atoms with Crippen LogP contribution in [-0.4, -0.2) is 17.8 Å². The summed E-state index contributed by atoms with van der Waals surface area (Å²) in [6.07, 6.45) is 1.48. The van der Waals surface area contributed by atoms with E-state index in [-0.39, 0.29) is 12.2 Å². The van der Waals surface area contributed by atoms with Gasteiger partial charge in [0.25, 0.3) is 11.8 Å². The summed E-state index contributed by atoms with van der Waals surface area (Å²) in [5.74, 6) is -1.00. The van der Waals surface area contributed by atoms with Crippen molar-refractivity contribution in [2.24, 2.45) is 0 Å². The van der Waals surface area contributed by atoms with E-state index >= 15 is 0 Å². The quantitative estimate of drug-likeness (QED) is 0.270. The van der Waals surface area contributed by atoms with Gasteiger partial charge in [-0.1, -0.05) is 72.3 Å². The van der Waals surface area contributed by atoms with Gasteiger partial charge in [-0.25, -0.2) is 9.69 Å². The summed E-state index contributed by atoms with van der Waals surface area (Å²) in [5.41, 5.74) is 2.43. The Morgan fingerprint density at radius 1 is 0.917 bits per heavy atom. The molecule has 0 unspecified atom stereocenters. The lowest BCUT2D eigenvalue weighted by atomic mass is 9.99. The van der Waals surface area contributed by atoms with Crippen LogP contribution < -0.4 is 15.0 Å². The van der Waals surface area contributed by atoms with Gasteiger partial charge in [-0.05, 0) is 53.6 Å². The lowest BCUT2D eigenvalue weighted by Crippen LogP contribution is -2.54. The van der Waals surface area contributed by atoms with Crippen LogP contribution in [0.4, 0.5) is 10.5 Å². The molecule has 0 aliphatic carbocycles. The standard InChI is InChI=1S/C29H21ClN2O4/c1-18-7-6-10-21(15-18)32-28(34)24(27(33)31-29(32)35)16-23-22-11-4-2-8-19(22)13-14-26(23)36-17-20-9-3-5-12-25(20)30/h2-16H,17H2,1H3,(H,31,33,35)/b24-16+. The highest BCUT2D eigenvalue weighted by Gasteiger charge is 2.37. The number of ether oxygens (including phenoxy) is 1. The van der Waals surface area contributed by atoms with Gasteiger partial charge in [-0.3, -0.25) is 14.9 Å². The smallest absolute Gasteiger partial charge is 0.335 e. The van der Waals surface area contributed by atoms with Crippen molar-refractivity contribution in [1.29, 1.82) is 0 Å². The van der Waals surface area contributed by atoms with E-state index in [1.165, 1.54) is 6.08 Å². The average Bonchev–Trinajstić information content (AvgIpc) is 2.86. The first-order valence-electron chi connectivity index (χ1n) is 11.3. The zero-order valence-corrected chi connectivity index (χ0v) is 20.1. The van der Waals surface area contributed by atoms with Crippen molar-refractivity contribution in [3.8, 4) is 5.75 Å². The number of halogens is 1. The number of nitrogens with zero attached hydrogens (tertiary/aromatic N) is 1. The minimum atomic E-state index is -0.791. The molecule has 36 heavy (non-hydrogen) atoms. The highest BCUT2D eigenvalue weighted by molar-refractivity contribution is 6.39. The van der Waals surface area contributed by atoms with Gasteiger partial charge in [0.1, 0.15) is 17.9 Å². The molecule has 178 valence electrons. The van der Waals surface area contributed by atoms with Gasteiger partial charge in [0.2, 0.25) is 0 Å². The maximum Gasteiger partial charge on any atom is 0.335 e. The van der Waals surface area contributed by atoms with E-state index in [1.54, 1.807) is 30.3 Å². The molecule has 0 bridgehead atoms. The molecule has 1 N–H and O–H groups in total. The third-order valence-corrected chi connectivity index (χ3v) is 6.29. The number of fused-ring (bicyclic) bond motifs is 1. The Labute approximate surface area is 212 Å². The van der Waals surface area contributed by atoms with Crippen molar-refractivity contribution in [2.75, 3.05) is 4.90 Å². The molecular formula is C29H21ClN2O4. The molecule has 0 saturated carbocycles. The number of imide groups is 2. The Morgan fingerprint density at radius 2 is 1.69 bits per heavy atom. The van der Waals surface area contributed by atoms with E-state index in [9.17, 15) is 14.4 Å². The Morgan fingerprint density at radius 3 is 2.50 bits per heavy atom. The maximum atomic E-state index is 13.5. The maximum absolute atomic E-state index is 13.5. The molecule has 0 radical (unpaired) electrons. The largest absolute Gasteiger partial charge is 0.488 e. The van der Waals surface area contributed by atoms with E-state index in [0.29, 0.717) is 22.0 Å². The van der Waals surface area contributed by atoms with Crippen molar-refractivity contribution in [1.82, 2.24) is 5.32 Å². The van der Waals surface area contributed by atoms with Gasteiger partial charge in [0, 0.05) is 16.1 Å². The van der Waals surface area contributed by atoms with Gasteiger partial charge in [-0.2, -0.15) is 0 Å². The van der Waals surface area contributed by atoms with Crippen LogP contribution in [0, 0.1) is 6.92 Å². The fourth-order valence-electron chi connectivity index (χ4n) is 4.12. The Balaban J connectivity index is 1.59. The number of carbonyl (C=O) groups excluding carboxylic acids is 3. The number of hydrogen-bond donors (Lipinski definition) is 1. The SMILES string of the molecule is Cc1cccc(N2C(=O)NC(=O)/C(=C\c3c(OCc4ccccc4Cl)ccc4ccccc34)C2=O)c1. The first-order chi connectivity index (χ1) is 17.4. The summed E-state index contributed by atoms with van der Waals surface area (Å²) in [6, 6.07) is 24.8. The summed E-state index contributed by atoms with van der Waals surface area (Å²) in [6.45, 7) is 2.05. The minimum absolute atomic E-state index is 0.171. The number of hydrogen-bond acceptors (Lipinski definition) is 4. The Hall–Kier alpha value is -4.42. The van der Waals surface area contributed by atoms with Crippen LogP contribution in [0.1, 0.15) is 16.7 Å². The summed E-state index contributed by atoms with van der Waals surface area (Å²) in [7, 11) is 0. The molecule has 0 atom stereocenters. The number of anilines is 1. The molecule has 1 fully saturated rings. The van der Waals surface area contributed by atoms with Crippen LogP contribution in [-0.2, 0) is 16.2 Å². The topological polar surface area (TPSA) is 75.7 Å². The molecular weight excluding hydrogens is 476 g/mol. The first-order valence-corrected chi connectivity index (χ1v) is 11.7. The third kappa shape index (κ3) is 4.46. The number of aryl methyl sites for hydroxylation is 1.